The number of likely N-dealkylation sites (N-methyl/N-ethyl adjacent to an activating group) is 1. The van der Waals surface area contributed by atoms with Crippen molar-refractivity contribution < 1.29 is 4.84 Å². The number of fused-ring (bicyclic) bond motifs is 1. The van der Waals surface area contributed by atoms with Crippen molar-refractivity contribution >= 4 is 10.9 Å². The van der Waals surface area contributed by atoms with Gasteiger partial charge in [-0.3, -0.25) is 0 Å². The number of rotatable bonds is 5. The molecule has 0 aliphatic carbocycles. The van der Waals surface area contributed by atoms with Crippen LogP contribution in [0.3, 0.4) is 0 Å². The molecule has 1 aliphatic rings. The van der Waals surface area contributed by atoms with Gasteiger partial charge in [-0.25, -0.2) is 0 Å². The molecule has 4 rings (SSSR count). The van der Waals surface area contributed by atoms with E-state index in [0.717, 1.165) is 11.9 Å². The van der Waals surface area contributed by atoms with E-state index in [9.17, 15) is 0 Å². The fourth-order valence-corrected chi connectivity index (χ4v) is 3.70. The van der Waals surface area contributed by atoms with E-state index in [-0.39, 0.29) is 0 Å². The van der Waals surface area contributed by atoms with Crippen molar-refractivity contribution in [1.82, 2.24) is 9.63 Å². The maximum atomic E-state index is 6.08. The first-order valence-electron chi connectivity index (χ1n) is 8.78. The molecule has 3 aromatic rings. The van der Waals surface area contributed by atoms with Gasteiger partial charge in [0.25, 0.3) is 0 Å². The molecule has 0 amide bonds. The third-order valence-electron chi connectivity index (χ3n) is 5.10. The summed E-state index contributed by atoms with van der Waals surface area (Å²) in [5.74, 6) is 0. The van der Waals surface area contributed by atoms with Gasteiger partial charge in [-0.15, -0.1) is 0 Å². The highest BCUT2D eigenvalue weighted by Crippen LogP contribution is 2.26. The second kappa shape index (κ2) is 6.70. The molecule has 2 heterocycles. The summed E-state index contributed by atoms with van der Waals surface area (Å²) in [6.45, 7) is 1.80. The number of hydrogen-bond acceptors (Lipinski definition) is 2. The maximum Gasteiger partial charge on any atom is 0.140 e. The van der Waals surface area contributed by atoms with Crippen LogP contribution in [0.1, 0.15) is 24.0 Å². The molecule has 0 spiro atoms. The monoisotopic (exact) mass is 320 g/mol. The lowest BCUT2D eigenvalue weighted by molar-refractivity contribution is 0.107. The third-order valence-corrected chi connectivity index (χ3v) is 5.10. The van der Waals surface area contributed by atoms with Gasteiger partial charge in [-0.1, -0.05) is 48.5 Å². The van der Waals surface area contributed by atoms with E-state index in [1.165, 1.54) is 35.9 Å². The largest absolute Gasteiger partial charge is 0.409 e. The third kappa shape index (κ3) is 3.04. The van der Waals surface area contributed by atoms with Crippen LogP contribution in [0.2, 0.25) is 0 Å². The molecule has 0 saturated carbocycles. The molecule has 1 atom stereocenters. The summed E-state index contributed by atoms with van der Waals surface area (Å²) in [5, 5.41) is 1.31. The predicted molar refractivity (Wildman–Crippen MR) is 98.0 cm³/mol. The summed E-state index contributed by atoms with van der Waals surface area (Å²) >= 11 is 0. The van der Waals surface area contributed by atoms with Gasteiger partial charge in [-0.05, 0) is 50.0 Å². The molecular weight excluding hydrogens is 296 g/mol. The standard InChI is InChI=1S/C21H24N2O/c1-22-13-7-10-19(22)14-18-15-23(21-12-6-5-11-20(18)21)24-16-17-8-3-2-4-9-17/h2-6,8-9,11-12,15,19H,7,10,13-14,16H2,1H3/t19-/m1/s1. The zero-order valence-electron chi connectivity index (χ0n) is 14.2. The molecule has 0 radical (unpaired) electrons. The summed E-state index contributed by atoms with van der Waals surface area (Å²) < 4.78 is 1.95. The SMILES string of the molecule is CN1CCC[C@@H]1Cc1cn(OCc2ccccc2)c2ccccc12. The molecule has 1 fully saturated rings. The van der Waals surface area contributed by atoms with Crippen molar-refractivity contribution in [2.75, 3.05) is 13.6 Å². The van der Waals surface area contributed by atoms with Crippen molar-refractivity contribution in [2.45, 2.75) is 31.9 Å². The van der Waals surface area contributed by atoms with E-state index in [1.807, 2.05) is 22.9 Å². The fourth-order valence-electron chi connectivity index (χ4n) is 3.70. The minimum Gasteiger partial charge on any atom is -0.409 e. The minimum atomic E-state index is 0.586. The number of nitrogens with zero attached hydrogens (tertiary/aromatic N) is 2. The lowest BCUT2D eigenvalue weighted by atomic mass is 10.0. The Kier molecular flexibility index (Phi) is 4.26. The van der Waals surface area contributed by atoms with E-state index in [0.29, 0.717) is 12.6 Å². The first-order valence-corrected chi connectivity index (χ1v) is 8.78. The molecule has 3 heteroatoms. The minimum absolute atomic E-state index is 0.586. The Hall–Kier alpha value is -2.26. The van der Waals surface area contributed by atoms with Gasteiger partial charge < -0.3 is 9.74 Å². The van der Waals surface area contributed by atoms with Crippen LogP contribution in [0.4, 0.5) is 0 Å². The van der Waals surface area contributed by atoms with Crippen LogP contribution >= 0.6 is 0 Å². The second-order valence-corrected chi connectivity index (χ2v) is 6.74. The zero-order chi connectivity index (χ0) is 16.4. The van der Waals surface area contributed by atoms with E-state index in [4.69, 9.17) is 4.84 Å². The smallest absolute Gasteiger partial charge is 0.140 e. The molecule has 0 N–H and O–H groups in total. The molecule has 0 unspecified atom stereocenters. The number of para-hydroxylation sites is 1. The van der Waals surface area contributed by atoms with Crippen molar-refractivity contribution in [3.8, 4) is 0 Å². The summed E-state index contributed by atoms with van der Waals surface area (Å²) in [6, 6.07) is 19.5. The van der Waals surface area contributed by atoms with E-state index in [1.54, 1.807) is 0 Å². The van der Waals surface area contributed by atoms with Gasteiger partial charge >= 0.3 is 0 Å². The zero-order valence-corrected chi connectivity index (χ0v) is 14.2. The first-order chi connectivity index (χ1) is 11.8. The Bertz CT molecular complexity index is 809. The Morgan fingerprint density at radius 3 is 2.62 bits per heavy atom. The highest BCUT2D eigenvalue weighted by molar-refractivity contribution is 5.83. The topological polar surface area (TPSA) is 17.4 Å². The van der Waals surface area contributed by atoms with Crippen LogP contribution in [0, 0.1) is 0 Å². The van der Waals surface area contributed by atoms with Gasteiger partial charge in [0.2, 0.25) is 0 Å². The molecular formula is C21H24N2O. The Morgan fingerprint density at radius 1 is 1.04 bits per heavy atom. The molecule has 1 aromatic heterocycles. The van der Waals surface area contributed by atoms with Gasteiger partial charge in [0.15, 0.2) is 0 Å². The van der Waals surface area contributed by atoms with Crippen molar-refractivity contribution in [3.05, 3.63) is 71.9 Å². The summed E-state index contributed by atoms with van der Waals surface area (Å²) in [7, 11) is 2.24. The van der Waals surface area contributed by atoms with E-state index in [2.05, 4.69) is 54.5 Å². The normalized spacial score (nSPS) is 18.3. The van der Waals surface area contributed by atoms with Crippen LogP contribution in [0.25, 0.3) is 10.9 Å². The molecule has 124 valence electrons. The summed E-state index contributed by atoms with van der Waals surface area (Å²) in [5.41, 5.74) is 3.73. The average Bonchev–Trinajstić information content (AvgIpc) is 3.19. The second-order valence-electron chi connectivity index (χ2n) is 6.74. The number of likely N-dealkylation sites (tertiary alicyclic amines) is 1. The molecule has 24 heavy (non-hydrogen) atoms. The fraction of sp³-hybridized carbons (Fsp3) is 0.333. The molecule has 2 aromatic carbocycles. The number of hydrogen-bond donors (Lipinski definition) is 0. The number of aromatic nitrogens is 1. The van der Waals surface area contributed by atoms with Gasteiger partial charge in [0.05, 0.1) is 5.52 Å². The van der Waals surface area contributed by atoms with Crippen molar-refractivity contribution in [1.29, 1.82) is 0 Å². The van der Waals surface area contributed by atoms with E-state index >= 15 is 0 Å². The van der Waals surface area contributed by atoms with Crippen molar-refractivity contribution in [2.24, 2.45) is 0 Å². The summed E-state index contributed by atoms with van der Waals surface area (Å²) in [4.78, 5) is 8.56. The molecule has 1 saturated heterocycles. The van der Waals surface area contributed by atoms with Crippen LogP contribution in [-0.4, -0.2) is 29.3 Å². The van der Waals surface area contributed by atoms with Gasteiger partial charge in [-0.2, -0.15) is 4.73 Å². The Labute approximate surface area is 143 Å². The maximum absolute atomic E-state index is 6.08. The lowest BCUT2D eigenvalue weighted by Crippen LogP contribution is -2.26. The highest BCUT2D eigenvalue weighted by Gasteiger charge is 2.22. The van der Waals surface area contributed by atoms with Gasteiger partial charge in [0, 0.05) is 17.6 Å². The Balaban J connectivity index is 1.59. The van der Waals surface area contributed by atoms with E-state index < -0.39 is 0 Å². The van der Waals surface area contributed by atoms with Crippen LogP contribution in [-0.2, 0) is 13.0 Å². The quantitative estimate of drug-likeness (QED) is 0.709. The van der Waals surface area contributed by atoms with Crippen molar-refractivity contribution in [3.63, 3.8) is 0 Å². The van der Waals surface area contributed by atoms with Gasteiger partial charge in [0.1, 0.15) is 6.61 Å². The highest BCUT2D eigenvalue weighted by atomic mass is 16.7. The van der Waals surface area contributed by atoms with Crippen LogP contribution in [0.15, 0.2) is 60.8 Å². The first kappa shape index (κ1) is 15.3. The van der Waals surface area contributed by atoms with Crippen LogP contribution < -0.4 is 4.84 Å². The molecule has 1 aliphatic heterocycles. The number of benzene rings is 2. The lowest BCUT2D eigenvalue weighted by Gasteiger charge is -2.18. The Morgan fingerprint density at radius 2 is 1.83 bits per heavy atom. The predicted octanol–water partition coefficient (Wildman–Crippen LogP) is 3.91. The molecule has 0 bridgehead atoms. The molecule has 3 nitrogen and oxygen atoms in total. The average molecular weight is 320 g/mol. The summed E-state index contributed by atoms with van der Waals surface area (Å²) in [6.07, 6.45) is 5.88. The van der Waals surface area contributed by atoms with Crippen LogP contribution in [0.5, 0.6) is 0 Å².